The van der Waals surface area contributed by atoms with E-state index in [9.17, 15) is 16.8 Å². The molecular formula is C14H16N2O5S2. The van der Waals surface area contributed by atoms with Crippen LogP contribution in [0.1, 0.15) is 5.56 Å². The molecule has 1 aromatic heterocycles. The lowest BCUT2D eigenvalue weighted by Gasteiger charge is -2.21. The van der Waals surface area contributed by atoms with Crippen LogP contribution in [0, 0.1) is 0 Å². The Labute approximate surface area is 135 Å². The van der Waals surface area contributed by atoms with E-state index >= 15 is 0 Å². The number of hydrogen-bond acceptors (Lipinski definition) is 6. The third-order valence-corrected chi connectivity index (χ3v) is 6.02. The van der Waals surface area contributed by atoms with Gasteiger partial charge < -0.3 is 4.74 Å². The highest BCUT2D eigenvalue weighted by Crippen LogP contribution is 2.31. The number of nitrogens with zero attached hydrogens (tertiary/aromatic N) is 2. The highest BCUT2D eigenvalue weighted by molar-refractivity contribution is 8.09. The topological polar surface area (TPSA) is 93.6 Å². The van der Waals surface area contributed by atoms with E-state index in [1.165, 1.54) is 12.3 Å². The van der Waals surface area contributed by atoms with E-state index in [-0.39, 0.29) is 18.0 Å². The van der Waals surface area contributed by atoms with Crippen LogP contribution in [0.3, 0.4) is 0 Å². The molecule has 1 aromatic carbocycles. The maximum absolute atomic E-state index is 11.9. The fraction of sp³-hybridized carbons (Fsp3) is 0.214. The zero-order valence-electron chi connectivity index (χ0n) is 12.6. The van der Waals surface area contributed by atoms with Gasteiger partial charge in [-0.2, -0.15) is 3.71 Å². The molecule has 0 bridgehead atoms. The monoisotopic (exact) mass is 356 g/mol. The van der Waals surface area contributed by atoms with Crippen molar-refractivity contribution in [2.24, 2.45) is 0 Å². The molecule has 0 amide bonds. The summed E-state index contributed by atoms with van der Waals surface area (Å²) in [5.74, 6) is 0.111. The van der Waals surface area contributed by atoms with Crippen LogP contribution in [-0.4, -0.2) is 34.3 Å². The lowest BCUT2D eigenvalue weighted by molar-refractivity contribution is 0.307. The predicted molar refractivity (Wildman–Crippen MR) is 87.2 cm³/mol. The summed E-state index contributed by atoms with van der Waals surface area (Å²) in [5, 5.41) is 0. The molecule has 1 heterocycles. The van der Waals surface area contributed by atoms with Gasteiger partial charge in [0.25, 0.3) is 0 Å². The van der Waals surface area contributed by atoms with Crippen molar-refractivity contribution in [1.82, 2.24) is 4.98 Å². The third-order valence-electron chi connectivity index (χ3n) is 2.80. The van der Waals surface area contributed by atoms with Gasteiger partial charge in [-0.1, -0.05) is 30.3 Å². The molecule has 2 rings (SSSR count). The normalized spacial score (nSPS) is 11.9. The van der Waals surface area contributed by atoms with Gasteiger partial charge in [0.1, 0.15) is 18.0 Å². The number of benzene rings is 1. The Balaban J connectivity index is 2.40. The van der Waals surface area contributed by atoms with E-state index in [1.807, 2.05) is 30.3 Å². The summed E-state index contributed by atoms with van der Waals surface area (Å²) in [7, 11) is -8.11. The van der Waals surface area contributed by atoms with Gasteiger partial charge >= 0.3 is 0 Å². The zero-order valence-corrected chi connectivity index (χ0v) is 14.2. The molecule has 0 N–H and O–H groups in total. The van der Waals surface area contributed by atoms with Gasteiger partial charge in [-0.3, -0.25) is 4.98 Å². The molecule has 0 saturated heterocycles. The Bertz CT molecular complexity index is 848. The minimum absolute atomic E-state index is 0.111. The number of pyridine rings is 1. The highest BCUT2D eigenvalue weighted by Gasteiger charge is 2.30. The molecule has 0 spiro atoms. The van der Waals surface area contributed by atoms with Crippen LogP contribution in [-0.2, 0) is 26.7 Å². The summed E-state index contributed by atoms with van der Waals surface area (Å²) in [5.41, 5.74) is 0.717. The van der Waals surface area contributed by atoms with Gasteiger partial charge in [-0.15, -0.1) is 0 Å². The first-order valence-electron chi connectivity index (χ1n) is 6.51. The quantitative estimate of drug-likeness (QED) is 0.776. The van der Waals surface area contributed by atoms with Crippen LogP contribution in [0.2, 0.25) is 0 Å². The average Bonchev–Trinajstić information content (AvgIpc) is 2.44. The Morgan fingerprint density at radius 2 is 1.61 bits per heavy atom. The Morgan fingerprint density at radius 1 is 1.00 bits per heavy atom. The van der Waals surface area contributed by atoms with Crippen molar-refractivity contribution in [2.45, 2.75) is 6.61 Å². The van der Waals surface area contributed by atoms with Crippen molar-refractivity contribution >= 4 is 25.7 Å². The summed E-state index contributed by atoms with van der Waals surface area (Å²) in [6.45, 7) is 0.166. The minimum atomic E-state index is -4.06. The smallest absolute Gasteiger partial charge is 0.245 e. The first-order valence-corrected chi connectivity index (χ1v) is 10.2. The number of ether oxygens (including phenoxy) is 1. The zero-order chi connectivity index (χ0) is 17.1. The lowest BCUT2D eigenvalue weighted by Crippen LogP contribution is -2.35. The molecule has 0 radical (unpaired) electrons. The van der Waals surface area contributed by atoms with Crippen molar-refractivity contribution in [3.63, 3.8) is 0 Å². The summed E-state index contributed by atoms with van der Waals surface area (Å²) < 4.78 is 53.4. The van der Waals surface area contributed by atoms with Gasteiger partial charge in [0.05, 0.1) is 18.7 Å². The molecule has 0 saturated carbocycles. The van der Waals surface area contributed by atoms with Gasteiger partial charge in [0, 0.05) is 12.3 Å². The van der Waals surface area contributed by atoms with Crippen LogP contribution in [0.4, 0.5) is 5.69 Å². The predicted octanol–water partition coefficient (Wildman–Crippen LogP) is 1.39. The SMILES string of the molecule is CS(=O)(=O)N(c1cnccc1OCc1ccccc1)S(C)(=O)=O. The number of sulfonamides is 2. The summed E-state index contributed by atoms with van der Waals surface area (Å²) in [6, 6.07) is 10.6. The number of rotatable bonds is 6. The molecule has 9 heteroatoms. The molecule has 0 unspecified atom stereocenters. The van der Waals surface area contributed by atoms with Crippen LogP contribution in [0.5, 0.6) is 5.75 Å². The summed E-state index contributed by atoms with van der Waals surface area (Å²) in [6.07, 6.45) is 4.15. The molecule has 7 nitrogen and oxygen atoms in total. The van der Waals surface area contributed by atoms with Crippen LogP contribution in [0.15, 0.2) is 48.8 Å². The summed E-state index contributed by atoms with van der Waals surface area (Å²) >= 11 is 0. The fourth-order valence-corrected chi connectivity index (χ4v) is 4.93. The molecule has 0 aliphatic rings. The van der Waals surface area contributed by atoms with Gasteiger partial charge in [0.2, 0.25) is 20.0 Å². The lowest BCUT2D eigenvalue weighted by atomic mass is 10.2. The van der Waals surface area contributed by atoms with Crippen LogP contribution in [0.25, 0.3) is 0 Å². The second kappa shape index (κ2) is 6.55. The Kier molecular flexibility index (Phi) is 4.90. The van der Waals surface area contributed by atoms with E-state index in [0.717, 1.165) is 24.3 Å². The number of anilines is 1. The molecule has 0 aliphatic carbocycles. The maximum Gasteiger partial charge on any atom is 0.245 e. The van der Waals surface area contributed by atoms with E-state index in [1.54, 1.807) is 0 Å². The standard InChI is InChI=1S/C14H16N2O5S2/c1-22(17,18)16(23(2,19)20)13-10-15-9-8-14(13)21-11-12-6-4-3-5-7-12/h3-10H,11H2,1-2H3. The van der Waals surface area contributed by atoms with Crippen molar-refractivity contribution in [2.75, 3.05) is 16.2 Å². The van der Waals surface area contributed by atoms with Gasteiger partial charge in [-0.25, -0.2) is 16.8 Å². The van der Waals surface area contributed by atoms with Crippen molar-refractivity contribution in [3.8, 4) is 5.75 Å². The molecule has 2 aromatic rings. The molecule has 124 valence electrons. The fourth-order valence-electron chi connectivity index (χ4n) is 1.97. The van der Waals surface area contributed by atoms with Crippen molar-refractivity contribution in [3.05, 3.63) is 54.4 Å². The van der Waals surface area contributed by atoms with Crippen LogP contribution >= 0.6 is 0 Å². The second-order valence-corrected chi connectivity index (χ2v) is 8.73. The van der Waals surface area contributed by atoms with E-state index < -0.39 is 20.0 Å². The van der Waals surface area contributed by atoms with Crippen LogP contribution < -0.4 is 8.45 Å². The van der Waals surface area contributed by atoms with Crippen molar-refractivity contribution in [1.29, 1.82) is 0 Å². The third kappa shape index (κ3) is 4.42. The van der Waals surface area contributed by atoms with E-state index in [4.69, 9.17) is 4.74 Å². The molecule has 23 heavy (non-hydrogen) atoms. The first kappa shape index (κ1) is 17.2. The largest absolute Gasteiger partial charge is 0.487 e. The molecular weight excluding hydrogens is 340 g/mol. The minimum Gasteiger partial charge on any atom is -0.487 e. The number of aromatic nitrogens is 1. The van der Waals surface area contributed by atoms with Crippen molar-refractivity contribution < 1.29 is 21.6 Å². The average molecular weight is 356 g/mol. The van der Waals surface area contributed by atoms with E-state index in [2.05, 4.69) is 4.98 Å². The van der Waals surface area contributed by atoms with E-state index in [0.29, 0.717) is 3.71 Å². The second-order valence-electron chi connectivity index (χ2n) is 4.84. The Hall–Kier alpha value is -2.13. The molecule has 0 aliphatic heterocycles. The maximum atomic E-state index is 11.9. The van der Waals surface area contributed by atoms with Gasteiger partial charge in [0.15, 0.2) is 0 Å². The Morgan fingerprint density at radius 3 is 2.17 bits per heavy atom. The summed E-state index contributed by atoms with van der Waals surface area (Å²) in [4.78, 5) is 3.80. The highest BCUT2D eigenvalue weighted by atomic mass is 32.3. The number of hydrogen-bond donors (Lipinski definition) is 0. The molecule has 0 atom stereocenters. The van der Waals surface area contributed by atoms with Gasteiger partial charge in [-0.05, 0) is 5.56 Å². The first-order chi connectivity index (χ1) is 10.7. The molecule has 0 fully saturated rings.